The number of anilines is 2. The van der Waals surface area contributed by atoms with Crippen molar-refractivity contribution in [3.05, 3.63) is 71.0 Å². The molecule has 0 spiro atoms. The highest BCUT2D eigenvalue weighted by atomic mass is 19.2. The molecule has 2 aromatic rings. The van der Waals surface area contributed by atoms with Crippen LogP contribution in [0.5, 0.6) is 0 Å². The van der Waals surface area contributed by atoms with Crippen molar-refractivity contribution in [2.45, 2.75) is 26.8 Å². The Morgan fingerprint density at radius 3 is 2.13 bits per heavy atom. The van der Waals surface area contributed by atoms with E-state index in [9.17, 15) is 23.5 Å². The number of aliphatic hydroxyl groups is 1. The molecule has 0 bridgehead atoms. The number of halogens is 2. The number of benzene rings is 2. The van der Waals surface area contributed by atoms with Crippen LogP contribution >= 0.6 is 0 Å². The van der Waals surface area contributed by atoms with Crippen molar-refractivity contribution in [1.29, 1.82) is 0 Å². The molecule has 0 radical (unpaired) electrons. The number of hydrogen-bond donors (Lipinski definition) is 1. The van der Waals surface area contributed by atoms with Crippen molar-refractivity contribution >= 4 is 23.1 Å². The van der Waals surface area contributed by atoms with Gasteiger partial charge in [0.05, 0.1) is 11.6 Å². The first-order chi connectivity index (χ1) is 13.9. The molecule has 5 nitrogen and oxygen atoms in total. The lowest BCUT2D eigenvalue weighted by Crippen LogP contribution is -2.33. The summed E-state index contributed by atoms with van der Waals surface area (Å²) in [5.74, 6) is -4.10. The maximum atomic E-state index is 13.9. The largest absolute Gasteiger partial charge is 0.503 e. The predicted molar refractivity (Wildman–Crippen MR) is 111 cm³/mol. The summed E-state index contributed by atoms with van der Waals surface area (Å²) in [6.07, 6.45) is 0. The summed E-state index contributed by atoms with van der Waals surface area (Å²) in [5.41, 5.74) is 0.587. The van der Waals surface area contributed by atoms with Crippen LogP contribution in [-0.4, -0.2) is 30.9 Å². The van der Waals surface area contributed by atoms with E-state index in [1.807, 2.05) is 31.1 Å². The normalized spacial score (nSPS) is 17.0. The van der Waals surface area contributed by atoms with Crippen molar-refractivity contribution in [1.82, 2.24) is 0 Å². The second kappa shape index (κ2) is 7.55. The monoisotopic (exact) mass is 414 g/mol. The molecule has 3 rings (SSSR count). The fourth-order valence-corrected chi connectivity index (χ4v) is 3.41. The Morgan fingerprint density at radius 2 is 1.63 bits per heavy atom. The average molecular weight is 414 g/mol. The number of hydrogen-bond acceptors (Lipinski definition) is 4. The molecule has 0 fully saturated rings. The predicted octanol–water partition coefficient (Wildman–Crippen LogP) is 4.55. The van der Waals surface area contributed by atoms with E-state index >= 15 is 0 Å². The molecule has 1 aliphatic heterocycles. The lowest BCUT2D eigenvalue weighted by atomic mass is 9.82. The zero-order valence-corrected chi connectivity index (χ0v) is 17.5. The SMILES string of the molecule is CN(C)c1ccc(C2C(C(=O)C(C)(C)C)=C(O)C(=O)N2c2ccc(F)c(F)c2)cc1. The Morgan fingerprint density at radius 1 is 1.03 bits per heavy atom. The molecule has 0 saturated carbocycles. The van der Waals surface area contributed by atoms with E-state index in [-0.39, 0.29) is 11.3 Å². The number of rotatable bonds is 4. The van der Waals surface area contributed by atoms with Crippen molar-refractivity contribution in [3.63, 3.8) is 0 Å². The maximum absolute atomic E-state index is 13.9. The van der Waals surface area contributed by atoms with Gasteiger partial charge in [-0.15, -0.1) is 0 Å². The molecule has 2 aromatic carbocycles. The van der Waals surface area contributed by atoms with Gasteiger partial charge in [-0.1, -0.05) is 32.9 Å². The Bertz CT molecular complexity index is 1040. The first-order valence-corrected chi connectivity index (χ1v) is 9.47. The second-order valence-corrected chi connectivity index (χ2v) is 8.50. The van der Waals surface area contributed by atoms with Crippen molar-refractivity contribution in [2.75, 3.05) is 23.9 Å². The van der Waals surface area contributed by atoms with Crippen LogP contribution in [0, 0.1) is 17.0 Å². The molecule has 0 aliphatic carbocycles. The highest BCUT2D eigenvalue weighted by Crippen LogP contribution is 2.43. The van der Waals surface area contributed by atoms with Gasteiger partial charge in [0.15, 0.2) is 23.2 Å². The molecular weight excluding hydrogens is 390 g/mol. The summed E-state index contributed by atoms with van der Waals surface area (Å²) in [6.45, 7) is 5.06. The third-order valence-electron chi connectivity index (χ3n) is 5.04. The van der Waals surface area contributed by atoms with Gasteiger partial charge in [0.2, 0.25) is 0 Å². The van der Waals surface area contributed by atoms with E-state index in [0.29, 0.717) is 5.56 Å². The summed E-state index contributed by atoms with van der Waals surface area (Å²) in [6, 6.07) is 9.19. The van der Waals surface area contributed by atoms with Crippen LogP contribution in [0.15, 0.2) is 53.8 Å². The number of aliphatic hydroxyl groups excluding tert-OH is 1. The Balaban J connectivity index is 2.20. The summed E-state index contributed by atoms with van der Waals surface area (Å²) >= 11 is 0. The summed E-state index contributed by atoms with van der Waals surface area (Å²) in [4.78, 5) is 29.1. The molecule has 1 N–H and O–H groups in total. The first kappa shape index (κ1) is 21.5. The highest BCUT2D eigenvalue weighted by Gasteiger charge is 2.46. The van der Waals surface area contributed by atoms with E-state index in [1.165, 1.54) is 6.07 Å². The highest BCUT2D eigenvalue weighted by molar-refractivity contribution is 6.17. The van der Waals surface area contributed by atoms with Gasteiger partial charge in [0.1, 0.15) is 0 Å². The number of ketones is 1. The Kier molecular flexibility index (Phi) is 5.41. The van der Waals surface area contributed by atoms with Crippen LogP contribution in [0.3, 0.4) is 0 Å². The molecule has 0 saturated heterocycles. The summed E-state index contributed by atoms with van der Waals surface area (Å²) < 4.78 is 27.4. The minimum Gasteiger partial charge on any atom is -0.503 e. The van der Waals surface area contributed by atoms with Crippen molar-refractivity contribution < 1.29 is 23.5 Å². The number of carbonyl (C=O) groups excluding carboxylic acids is 2. The Labute approximate surface area is 174 Å². The maximum Gasteiger partial charge on any atom is 0.294 e. The van der Waals surface area contributed by atoms with Crippen LogP contribution in [0.25, 0.3) is 0 Å². The van der Waals surface area contributed by atoms with Gasteiger partial charge in [-0.3, -0.25) is 14.5 Å². The quantitative estimate of drug-likeness (QED) is 0.798. The topological polar surface area (TPSA) is 60.9 Å². The van der Waals surface area contributed by atoms with Crippen LogP contribution in [0.1, 0.15) is 32.4 Å². The molecule has 1 amide bonds. The van der Waals surface area contributed by atoms with Crippen LogP contribution in [-0.2, 0) is 9.59 Å². The number of nitrogens with zero attached hydrogens (tertiary/aromatic N) is 2. The van der Waals surface area contributed by atoms with Crippen LogP contribution in [0.2, 0.25) is 0 Å². The van der Waals surface area contributed by atoms with Gasteiger partial charge in [0.25, 0.3) is 5.91 Å². The van der Waals surface area contributed by atoms with E-state index in [2.05, 4.69) is 0 Å². The fraction of sp³-hybridized carbons (Fsp3) is 0.304. The van der Waals surface area contributed by atoms with Crippen molar-refractivity contribution in [3.8, 4) is 0 Å². The molecular formula is C23H24F2N2O3. The summed E-state index contributed by atoms with van der Waals surface area (Å²) in [5, 5.41) is 10.6. The lowest BCUT2D eigenvalue weighted by molar-refractivity contribution is -0.123. The third-order valence-corrected chi connectivity index (χ3v) is 5.04. The van der Waals surface area contributed by atoms with Crippen LogP contribution in [0.4, 0.5) is 20.2 Å². The molecule has 1 heterocycles. The molecule has 30 heavy (non-hydrogen) atoms. The van der Waals surface area contributed by atoms with E-state index in [0.717, 1.165) is 22.7 Å². The molecule has 0 aromatic heterocycles. The molecule has 1 atom stereocenters. The van der Waals surface area contributed by atoms with Gasteiger partial charge in [-0.2, -0.15) is 0 Å². The number of Topliss-reactive ketones (excluding diaryl/α,β-unsaturated/α-hetero) is 1. The van der Waals surface area contributed by atoms with Crippen molar-refractivity contribution in [2.24, 2.45) is 5.41 Å². The van der Waals surface area contributed by atoms with Gasteiger partial charge in [-0.05, 0) is 29.8 Å². The molecule has 1 unspecified atom stereocenters. The number of carbonyl (C=O) groups is 2. The minimum absolute atomic E-state index is 0.0452. The first-order valence-electron chi connectivity index (χ1n) is 9.47. The lowest BCUT2D eigenvalue weighted by Gasteiger charge is -2.29. The van der Waals surface area contributed by atoms with E-state index in [1.54, 1.807) is 32.9 Å². The number of amides is 1. The van der Waals surface area contributed by atoms with Gasteiger partial charge in [-0.25, -0.2) is 8.78 Å². The smallest absolute Gasteiger partial charge is 0.294 e. The van der Waals surface area contributed by atoms with Crippen LogP contribution < -0.4 is 9.80 Å². The molecule has 7 heteroatoms. The minimum atomic E-state index is -1.13. The zero-order chi connectivity index (χ0) is 22.4. The summed E-state index contributed by atoms with van der Waals surface area (Å²) in [7, 11) is 3.75. The van der Waals surface area contributed by atoms with E-state index < -0.39 is 40.5 Å². The second-order valence-electron chi connectivity index (χ2n) is 8.50. The van der Waals surface area contributed by atoms with Gasteiger partial charge < -0.3 is 10.0 Å². The standard InChI is InChI=1S/C23H24F2N2O3/c1-23(2,3)21(29)18-19(13-6-8-14(9-7-13)26(4)5)27(22(30)20(18)28)15-10-11-16(24)17(25)12-15/h6-12,19,28H,1-5H3. The van der Waals surface area contributed by atoms with Gasteiger partial charge >= 0.3 is 0 Å². The van der Waals surface area contributed by atoms with Gasteiger partial charge in [0, 0.05) is 37.0 Å². The zero-order valence-electron chi connectivity index (χ0n) is 17.5. The molecule has 1 aliphatic rings. The molecule has 158 valence electrons. The fourth-order valence-electron chi connectivity index (χ4n) is 3.41. The Hall–Kier alpha value is -3.22. The third kappa shape index (κ3) is 3.67. The van der Waals surface area contributed by atoms with E-state index in [4.69, 9.17) is 0 Å². The average Bonchev–Trinajstić information content (AvgIpc) is 2.94.